The number of rotatable bonds is 2. The number of hydrogen-bond acceptors (Lipinski definition) is 3. The second-order valence-corrected chi connectivity index (χ2v) is 6.76. The molecule has 2 aromatic rings. The molecule has 2 heterocycles. The summed E-state index contributed by atoms with van der Waals surface area (Å²) in [5.41, 5.74) is 2.26. The van der Waals surface area contributed by atoms with E-state index >= 15 is 0 Å². The average Bonchev–Trinajstić information content (AvgIpc) is 3.40. The number of aryl methyl sites for hydroxylation is 1. The van der Waals surface area contributed by atoms with Gasteiger partial charge in [-0.2, -0.15) is 0 Å². The van der Waals surface area contributed by atoms with Crippen LogP contribution in [0.3, 0.4) is 0 Å². The third-order valence-corrected chi connectivity index (χ3v) is 4.92. The summed E-state index contributed by atoms with van der Waals surface area (Å²) in [5, 5.41) is 1.19. The molecule has 4 rings (SSSR count). The van der Waals surface area contributed by atoms with Crippen molar-refractivity contribution in [2.45, 2.75) is 26.2 Å². The van der Waals surface area contributed by atoms with Crippen LogP contribution in [0.5, 0.6) is 0 Å². The highest BCUT2D eigenvalue weighted by atomic mass is 16.2. The summed E-state index contributed by atoms with van der Waals surface area (Å²) < 4.78 is 0. The predicted molar refractivity (Wildman–Crippen MR) is 92.6 cm³/mol. The molecule has 4 nitrogen and oxygen atoms in total. The summed E-state index contributed by atoms with van der Waals surface area (Å²) in [5.74, 6) is 1.77. The Bertz CT molecular complexity index is 738. The van der Waals surface area contributed by atoms with E-state index in [2.05, 4.69) is 41.0 Å². The van der Waals surface area contributed by atoms with Crippen LogP contribution < -0.4 is 4.90 Å². The minimum atomic E-state index is 0.321. The Morgan fingerprint density at radius 3 is 2.78 bits per heavy atom. The molecule has 2 fully saturated rings. The molecule has 0 radical (unpaired) electrons. The quantitative estimate of drug-likeness (QED) is 0.855. The lowest BCUT2D eigenvalue weighted by molar-refractivity contribution is -0.132. The molecule has 1 amide bonds. The van der Waals surface area contributed by atoms with E-state index in [4.69, 9.17) is 4.98 Å². The number of pyridine rings is 1. The molecule has 120 valence electrons. The monoisotopic (exact) mass is 309 g/mol. The van der Waals surface area contributed by atoms with Crippen molar-refractivity contribution in [3.63, 3.8) is 0 Å². The van der Waals surface area contributed by atoms with Crippen molar-refractivity contribution >= 4 is 22.6 Å². The zero-order valence-electron chi connectivity index (χ0n) is 13.7. The van der Waals surface area contributed by atoms with Crippen molar-refractivity contribution in [3.8, 4) is 0 Å². The molecule has 0 N–H and O–H groups in total. The standard InChI is InChI=1S/C19H23N3O/c1-14-13-16-5-2-3-6-17(16)20-18(14)21-9-4-10-22(12-11-21)19(23)15-7-8-15/h2-3,5-6,13,15H,4,7-12H2,1H3. The number of para-hydroxylation sites is 1. The largest absolute Gasteiger partial charge is 0.355 e. The summed E-state index contributed by atoms with van der Waals surface area (Å²) in [4.78, 5) is 21.6. The van der Waals surface area contributed by atoms with Crippen LogP contribution in [0.1, 0.15) is 24.8 Å². The predicted octanol–water partition coefficient (Wildman–Crippen LogP) is 2.99. The van der Waals surface area contributed by atoms with Gasteiger partial charge in [0.2, 0.25) is 5.91 Å². The number of carbonyl (C=O) groups is 1. The maximum Gasteiger partial charge on any atom is 0.225 e. The number of aromatic nitrogens is 1. The first kappa shape index (κ1) is 14.5. The third-order valence-electron chi connectivity index (χ3n) is 4.92. The molecule has 4 heteroatoms. The van der Waals surface area contributed by atoms with Gasteiger partial charge in [-0.1, -0.05) is 18.2 Å². The third kappa shape index (κ3) is 2.90. The van der Waals surface area contributed by atoms with Crippen molar-refractivity contribution < 1.29 is 4.79 Å². The summed E-state index contributed by atoms with van der Waals surface area (Å²) in [7, 11) is 0. The highest BCUT2D eigenvalue weighted by molar-refractivity contribution is 5.82. The van der Waals surface area contributed by atoms with Crippen LogP contribution in [-0.4, -0.2) is 42.0 Å². The Kier molecular flexibility index (Phi) is 3.68. The Morgan fingerprint density at radius 2 is 1.96 bits per heavy atom. The minimum Gasteiger partial charge on any atom is -0.355 e. The Balaban J connectivity index is 1.55. The summed E-state index contributed by atoms with van der Waals surface area (Å²) in [6.45, 7) is 5.69. The lowest BCUT2D eigenvalue weighted by Gasteiger charge is -2.24. The lowest BCUT2D eigenvalue weighted by atomic mass is 10.1. The van der Waals surface area contributed by atoms with E-state index in [-0.39, 0.29) is 0 Å². The normalized spacial score (nSPS) is 19.0. The molecular formula is C19H23N3O. The Morgan fingerprint density at radius 1 is 1.13 bits per heavy atom. The van der Waals surface area contributed by atoms with Crippen molar-refractivity contribution in [1.29, 1.82) is 0 Å². The van der Waals surface area contributed by atoms with Gasteiger partial charge in [0.25, 0.3) is 0 Å². The number of fused-ring (bicyclic) bond motifs is 1. The first-order valence-corrected chi connectivity index (χ1v) is 8.62. The van der Waals surface area contributed by atoms with Crippen LogP contribution in [0.15, 0.2) is 30.3 Å². The second-order valence-electron chi connectivity index (χ2n) is 6.76. The molecule has 2 aliphatic rings. The molecule has 0 atom stereocenters. The van der Waals surface area contributed by atoms with Gasteiger partial charge in [-0.25, -0.2) is 4.98 Å². The minimum absolute atomic E-state index is 0.321. The number of amides is 1. The van der Waals surface area contributed by atoms with Crippen LogP contribution in [0.25, 0.3) is 10.9 Å². The van der Waals surface area contributed by atoms with Gasteiger partial charge in [0.1, 0.15) is 5.82 Å². The van der Waals surface area contributed by atoms with Crippen molar-refractivity contribution in [1.82, 2.24) is 9.88 Å². The van der Waals surface area contributed by atoms with Gasteiger partial charge in [-0.15, -0.1) is 0 Å². The number of benzene rings is 1. The van der Waals surface area contributed by atoms with Gasteiger partial charge in [0.15, 0.2) is 0 Å². The SMILES string of the molecule is Cc1cc2ccccc2nc1N1CCCN(C(=O)C2CC2)CC1. The van der Waals surface area contributed by atoms with Crippen LogP contribution in [-0.2, 0) is 4.79 Å². The zero-order valence-corrected chi connectivity index (χ0v) is 13.7. The smallest absolute Gasteiger partial charge is 0.225 e. The fourth-order valence-corrected chi connectivity index (χ4v) is 3.47. The molecule has 1 saturated heterocycles. The molecule has 1 aliphatic carbocycles. The number of hydrogen-bond donors (Lipinski definition) is 0. The number of anilines is 1. The first-order valence-electron chi connectivity index (χ1n) is 8.62. The van der Waals surface area contributed by atoms with E-state index in [0.717, 1.165) is 56.8 Å². The molecule has 1 aromatic carbocycles. The van der Waals surface area contributed by atoms with E-state index < -0.39 is 0 Å². The molecular weight excluding hydrogens is 286 g/mol. The fraction of sp³-hybridized carbons (Fsp3) is 0.474. The van der Waals surface area contributed by atoms with Crippen molar-refractivity contribution in [2.75, 3.05) is 31.1 Å². The molecule has 1 aromatic heterocycles. The van der Waals surface area contributed by atoms with E-state index in [1.54, 1.807) is 0 Å². The van der Waals surface area contributed by atoms with Gasteiger partial charge < -0.3 is 9.80 Å². The van der Waals surface area contributed by atoms with Crippen LogP contribution in [0.2, 0.25) is 0 Å². The van der Waals surface area contributed by atoms with Gasteiger partial charge in [-0.3, -0.25) is 4.79 Å². The lowest BCUT2D eigenvalue weighted by Crippen LogP contribution is -2.36. The van der Waals surface area contributed by atoms with E-state index in [1.807, 2.05) is 6.07 Å². The molecule has 0 spiro atoms. The van der Waals surface area contributed by atoms with E-state index in [1.165, 1.54) is 10.9 Å². The van der Waals surface area contributed by atoms with Crippen LogP contribution in [0, 0.1) is 12.8 Å². The second kappa shape index (κ2) is 5.84. The molecule has 0 unspecified atom stereocenters. The topological polar surface area (TPSA) is 36.4 Å². The number of carbonyl (C=O) groups excluding carboxylic acids is 1. The van der Waals surface area contributed by atoms with E-state index in [9.17, 15) is 4.79 Å². The van der Waals surface area contributed by atoms with Gasteiger partial charge in [0, 0.05) is 37.5 Å². The molecule has 23 heavy (non-hydrogen) atoms. The van der Waals surface area contributed by atoms with Crippen LogP contribution in [0.4, 0.5) is 5.82 Å². The molecule has 0 bridgehead atoms. The van der Waals surface area contributed by atoms with Gasteiger partial charge in [0.05, 0.1) is 5.52 Å². The van der Waals surface area contributed by atoms with Gasteiger partial charge in [-0.05, 0) is 43.9 Å². The van der Waals surface area contributed by atoms with Gasteiger partial charge >= 0.3 is 0 Å². The Labute approximate surface area is 137 Å². The highest BCUT2D eigenvalue weighted by Crippen LogP contribution is 2.31. The molecule has 1 saturated carbocycles. The summed E-state index contributed by atoms with van der Waals surface area (Å²) in [6.07, 6.45) is 3.20. The van der Waals surface area contributed by atoms with Crippen LogP contribution >= 0.6 is 0 Å². The molecule has 1 aliphatic heterocycles. The van der Waals surface area contributed by atoms with Crippen molar-refractivity contribution in [3.05, 3.63) is 35.9 Å². The zero-order chi connectivity index (χ0) is 15.8. The summed E-state index contributed by atoms with van der Waals surface area (Å²) >= 11 is 0. The Hall–Kier alpha value is -2.10. The average molecular weight is 309 g/mol. The fourth-order valence-electron chi connectivity index (χ4n) is 3.47. The first-order chi connectivity index (χ1) is 11.2. The highest BCUT2D eigenvalue weighted by Gasteiger charge is 2.34. The van der Waals surface area contributed by atoms with E-state index in [0.29, 0.717) is 11.8 Å². The number of nitrogens with zero attached hydrogens (tertiary/aromatic N) is 3. The maximum atomic E-state index is 12.3. The maximum absolute atomic E-state index is 12.3. The van der Waals surface area contributed by atoms with Crippen molar-refractivity contribution in [2.24, 2.45) is 5.92 Å². The summed E-state index contributed by atoms with van der Waals surface area (Å²) in [6, 6.07) is 10.5.